The first-order valence-corrected chi connectivity index (χ1v) is 7.96. The van der Waals surface area contributed by atoms with Gasteiger partial charge in [-0.25, -0.2) is 0 Å². The fourth-order valence-electron chi connectivity index (χ4n) is 3.07. The second-order valence-corrected chi connectivity index (χ2v) is 6.56. The van der Waals surface area contributed by atoms with Crippen LogP contribution in [0, 0.1) is 12.8 Å². The van der Waals surface area contributed by atoms with Gasteiger partial charge < -0.3 is 5.11 Å². The minimum atomic E-state index is -0.751. The number of halogens is 1. The smallest absolute Gasteiger partial charge is 0.304 e. The SMILES string of the molecule is Cc1nn(CC(C)C)c(Cl)c1[C@@H]1CCCN1CCC(=O)O. The molecule has 0 radical (unpaired) electrons. The molecule has 0 saturated carbocycles. The van der Waals surface area contributed by atoms with Gasteiger partial charge in [0.25, 0.3) is 0 Å². The van der Waals surface area contributed by atoms with Gasteiger partial charge >= 0.3 is 5.97 Å². The molecule has 118 valence electrons. The van der Waals surface area contributed by atoms with Crippen LogP contribution in [-0.4, -0.2) is 38.8 Å². The molecule has 0 bridgehead atoms. The summed E-state index contributed by atoms with van der Waals surface area (Å²) in [4.78, 5) is 13.0. The van der Waals surface area contributed by atoms with E-state index in [0.717, 1.165) is 37.2 Å². The van der Waals surface area contributed by atoms with Gasteiger partial charge in [-0.2, -0.15) is 5.10 Å². The van der Waals surface area contributed by atoms with Gasteiger partial charge in [0.2, 0.25) is 0 Å². The predicted octanol–water partition coefficient (Wildman–Crippen LogP) is 3.11. The second-order valence-electron chi connectivity index (χ2n) is 6.20. The Morgan fingerprint density at radius 1 is 1.52 bits per heavy atom. The molecule has 5 nitrogen and oxygen atoms in total. The molecule has 1 aromatic rings. The van der Waals surface area contributed by atoms with Crippen LogP contribution in [0.1, 0.15) is 50.4 Å². The van der Waals surface area contributed by atoms with Crippen LogP contribution in [0.25, 0.3) is 0 Å². The number of aromatic nitrogens is 2. The second kappa shape index (κ2) is 6.79. The zero-order chi connectivity index (χ0) is 15.6. The van der Waals surface area contributed by atoms with E-state index in [0.29, 0.717) is 17.6 Å². The zero-order valence-electron chi connectivity index (χ0n) is 13.0. The molecule has 0 spiro atoms. The fraction of sp³-hybridized carbons (Fsp3) is 0.733. The summed E-state index contributed by atoms with van der Waals surface area (Å²) >= 11 is 6.54. The summed E-state index contributed by atoms with van der Waals surface area (Å²) < 4.78 is 1.88. The molecule has 0 amide bonds. The lowest BCUT2D eigenvalue weighted by atomic mass is 10.1. The first-order valence-electron chi connectivity index (χ1n) is 7.58. The maximum absolute atomic E-state index is 10.8. The minimum absolute atomic E-state index is 0.174. The topological polar surface area (TPSA) is 58.4 Å². The highest BCUT2D eigenvalue weighted by molar-refractivity contribution is 6.30. The molecule has 2 rings (SSSR count). The lowest BCUT2D eigenvalue weighted by Crippen LogP contribution is -2.26. The number of carbonyl (C=O) groups is 1. The molecular formula is C15H24ClN3O2. The standard InChI is InChI=1S/C15H24ClN3O2/c1-10(2)9-19-15(16)14(11(3)17-19)12-5-4-7-18(12)8-6-13(20)21/h10,12H,4-9H2,1-3H3,(H,20,21)/t12-/m0/s1. The van der Waals surface area contributed by atoms with E-state index >= 15 is 0 Å². The molecule has 1 atom stereocenters. The van der Waals surface area contributed by atoms with Gasteiger partial charge in [0.15, 0.2) is 0 Å². The normalized spacial score (nSPS) is 19.6. The highest BCUT2D eigenvalue weighted by Gasteiger charge is 2.31. The third kappa shape index (κ3) is 3.77. The largest absolute Gasteiger partial charge is 0.481 e. The number of hydrogen-bond acceptors (Lipinski definition) is 3. The Kier molecular flexibility index (Phi) is 5.27. The molecule has 1 aliphatic rings. The summed E-state index contributed by atoms with van der Waals surface area (Å²) in [6.45, 7) is 8.59. The number of carboxylic acid groups (broad SMARTS) is 1. The molecule has 1 saturated heterocycles. The Labute approximate surface area is 130 Å². The summed E-state index contributed by atoms with van der Waals surface area (Å²) in [6.07, 6.45) is 2.27. The maximum Gasteiger partial charge on any atom is 0.304 e. The molecule has 1 N–H and O–H groups in total. The van der Waals surface area contributed by atoms with E-state index in [-0.39, 0.29) is 12.5 Å². The molecule has 0 unspecified atom stereocenters. The van der Waals surface area contributed by atoms with Gasteiger partial charge in [0, 0.05) is 24.7 Å². The van der Waals surface area contributed by atoms with Gasteiger partial charge in [0.05, 0.1) is 12.1 Å². The Hall–Kier alpha value is -1.07. The van der Waals surface area contributed by atoms with Gasteiger partial charge in [0.1, 0.15) is 5.15 Å². The van der Waals surface area contributed by atoms with Crippen molar-refractivity contribution < 1.29 is 9.90 Å². The van der Waals surface area contributed by atoms with Crippen molar-refractivity contribution in [2.24, 2.45) is 5.92 Å². The maximum atomic E-state index is 10.8. The van der Waals surface area contributed by atoms with E-state index in [9.17, 15) is 4.79 Å². The summed E-state index contributed by atoms with van der Waals surface area (Å²) in [6, 6.07) is 0.206. The number of hydrogen-bond donors (Lipinski definition) is 1. The van der Waals surface area contributed by atoms with E-state index in [4.69, 9.17) is 16.7 Å². The number of nitrogens with zero attached hydrogens (tertiary/aromatic N) is 3. The van der Waals surface area contributed by atoms with Crippen LogP contribution >= 0.6 is 11.6 Å². The van der Waals surface area contributed by atoms with Crippen molar-refractivity contribution in [2.75, 3.05) is 13.1 Å². The van der Waals surface area contributed by atoms with Crippen molar-refractivity contribution in [3.05, 3.63) is 16.4 Å². The Bertz CT molecular complexity index is 513. The highest BCUT2D eigenvalue weighted by atomic mass is 35.5. The summed E-state index contributed by atoms with van der Waals surface area (Å²) in [5.41, 5.74) is 2.05. The van der Waals surface area contributed by atoms with Crippen molar-refractivity contribution >= 4 is 17.6 Å². The number of rotatable bonds is 6. The molecule has 0 aromatic carbocycles. The van der Waals surface area contributed by atoms with Crippen LogP contribution in [0.2, 0.25) is 5.15 Å². The summed E-state index contributed by atoms with van der Waals surface area (Å²) in [5, 5.41) is 14.2. The molecule has 1 aliphatic heterocycles. The van der Waals surface area contributed by atoms with Crippen molar-refractivity contribution in [3.8, 4) is 0 Å². The quantitative estimate of drug-likeness (QED) is 0.876. The Balaban J connectivity index is 2.19. The molecule has 1 aromatic heterocycles. The number of aliphatic carboxylic acids is 1. The third-order valence-electron chi connectivity index (χ3n) is 3.96. The van der Waals surface area contributed by atoms with Crippen molar-refractivity contribution in [1.29, 1.82) is 0 Å². The fourth-order valence-corrected chi connectivity index (χ4v) is 3.44. The first kappa shape index (κ1) is 16.3. The Morgan fingerprint density at radius 2 is 2.24 bits per heavy atom. The van der Waals surface area contributed by atoms with E-state index in [1.165, 1.54) is 0 Å². The molecule has 2 heterocycles. The monoisotopic (exact) mass is 313 g/mol. The van der Waals surface area contributed by atoms with Crippen molar-refractivity contribution in [3.63, 3.8) is 0 Å². The van der Waals surface area contributed by atoms with Gasteiger partial charge in [-0.3, -0.25) is 14.4 Å². The zero-order valence-corrected chi connectivity index (χ0v) is 13.7. The van der Waals surface area contributed by atoms with Crippen LogP contribution in [-0.2, 0) is 11.3 Å². The molecule has 6 heteroatoms. The van der Waals surface area contributed by atoms with Gasteiger partial charge in [-0.05, 0) is 32.2 Å². The van der Waals surface area contributed by atoms with Crippen LogP contribution in [0.3, 0.4) is 0 Å². The van der Waals surface area contributed by atoms with Crippen molar-refractivity contribution in [1.82, 2.24) is 14.7 Å². The molecular weight excluding hydrogens is 290 g/mol. The van der Waals surface area contributed by atoms with E-state index < -0.39 is 5.97 Å². The van der Waals surface area contributed by atoms with E-state index in [1.54, 1.807) is 0 Å². The van der Waals surface area contributed by atoms with E-state index in [2.05, 4.69) is 23.8 Å². The molecule has 1 fully saturated rings. The molecule has 21 heavy (non-hydrogen) atoms. The Morgan fingerprint density at radius 3 is 2.86 bits per heavy atom. The van der Waals surface area contributed by atoms with Crippen LogP contribution in [0.5, 0.6) is 0 Å². The number of aryl methyl sites for hydroxylation is 1. The number of likely N-dealkylation sites (tertiary alicyclic amines) is 1. The van der Waals surface area contributed by atoms with Crippen LogP contribution in [0.15, 0.2) is 0 Å². The third-order valence-corrected chi connectivity index (χ3v) is 4.36. The molecule has 0 aliphatic carbocycles. The lowest BCUT2D eigenvalue weighted by molar-refractivity contribution is -0.137. The highest BCUT2D eigenvalue weighted by Crippen LogP contribution is 2.37. The average Bonchev–Trinajstić information content (AvgIpc) is 2.92. The lowest BCUT2D eigenvalue weighted by Gasteiger charge is -2.24. The summed E-state index contributed by atoms with van der Waals surface area (Å²) in [5.74, 6) is -0.264. The van der Waals surface area contributed by atoms with E-state index in [1.807, 2.05) is 11.6 Å². The van der Waals surface area contributed by atoms with Gasteiger partial charge in [-0.15, -0.1) is 0 Å². The predicted molar refractivity (Wildman–Crippen MR) is 82.6 cm³/mol. The van der Waals surface area contributed by atoms with Crippen LogP contribution < -0.4 is 0 Å². The average molecular weight is 314 g/mol. The summed E-state index contributed by atoms with van der Waals surface area (Å²) in [7, 11) is 0. The number of carboxylic acids is 1. The minimum Gasteiger partial charge on any atom is -0.481 e. The van der Waals surface area contributed by atoms with Crippen LogP contribution in [0.4, 0.5) is 0 Å². The van der Waals surface area contributed by atoms with Gasteiger partial charge in [-0.1, -0.05) is 25.4 Å². The van der Waals surface area contributed by atoms with Crippen molar-refractivity contribution in [2.45, 2.75) is 52.6 Å². The first-order chi connectivity index (χ1) is 9.90.